The maximum Gasteiger partial charge on any atom is 0.418 e. The highest BCUT2D eigenvalue weighted by Gasteiger charge is 2.18. The van der Waals surface area contributed by atoms with E-state index in [9.17, 15) is 4.79 Å². The molecule has 0 bridgehead atoms. The van der Waals surface area contributed by atoms with Gasteiger partial charge in [0.05, 0.1) is 5.52 Å². The van der Waals surface area contributed by atoms with Crippen LogP contribution in [0, 0.1) is 0 Å². The van der Waals surface area contributed by atoms with E-state index < -0.39 is 5.60 Å². The number of hydrogen-bond acceptors (Lipinski definition) is 4. The van der Waals surface area contributed by atoms with E-state index in [1.807, 2.05) is 51.1 Å². The standard InChI is InChI=1S/C13H15NO2.C2H4Cl2O.CH5N/c1-13(2,3)16-12(15)14-9-8-10-6-4-5-7-11(10)14;3-1-5-2-4;1-2/h4-9H,1-3H3;1-2H2;2H2,1H3. The van der Waals surface area contributed by atoms with Crippen LogP contribution >= 0.6 is 23.2 Å². The maximum absolute atomic E-state index is 11.9. The summed E-state index contributed by atoms with van der Waals surface area (Å²) in [5, 5.41) is 1.04. The van der Waals surface area contributed by atoms with E-state index in [2.05, 4.69) is 10.5 Å². The van der Waals surface area contributed by atoms with E-state index in [4.69, 9.17) is 27.9 Å². The van der Waals surface area contributed by atoms with Gasteiger partial charge < -0.3 is 15.2 Å². The summed E-state index contributed by atoms with van der Waals surface area (Å²) < 4.78 is 11.2. The lowest BCUT2D eigenvalue weighted by Gasteiger charge is -2.19. The summed E-state index contributed by atoms with van der Waals surface area (Å²) in [6.45, 7) is 5.57. The van der Waals surface area contributed by atoms with Crippen LogP contribution in [-0.2, 0) is 9.47 Å². The van der Waals surface area contributed by atoms with Gasteiger partial charge in [0.1, 0.15) is 17.7 Å². The zero-order valence-electron chi connectivity index (χ0n) is 13.9. The number of aromatic nitrogens is 1. The van der Waals surface area contributed by atoms with Crippen molar-refractivity contribution in [1.82, 2.24) is 4.57 Å². The van der Waals surface area contributed by atoms with Crippen molar-refractivity contribution >= 4 is 40.2 Å². The quantitative estimate of drug-likeness (QED) is 0.804. The molecule has 2 rings (SSSR count). The second-order valence-corrected chi connectivity index (χ2v) is 5.58. The molecule has 0 saturated carbocycles. The second kappa shape index (κ2) is 11.3. The number of hydrogen-bond donors (Lipinski definition) is 1. The molecule has 0 fully saturated rings. The molecule has 0 aliphatic heterocycles. The van der Waals surface area contributed by atoms with Crippen LogP contribution in [0.25, 0.3) is 10.9 Å². The molecule has 0 amide bonds. The Morgan fingerprint density at radius 3 is 2.17 bits per heavy atom. The van der Waals surface area contributed by atoms with Gasteiger partial charge in [0, 0.05) is 11.6 Å². The van der Waals surface area contributed by atoms with E-state index in [1.165, 1.54) is 11.6 Å². The van der Waals surface area contributed by atoms with Crippen LogP contribution < -0.4 is 5.73 Å². The molecular weight excluding hydrogens is 339 g/mol. The van der Waals surface area contributed by atoms with E-state index >= 15 is 0 Å². The molecule has 1 heterocycles. The lowest BCUT2D eigenvalue weighted by Crippen LogP contribution is -2.26. The van der Waals surface area contributed by atoms with Crippen molar-refractivity contribution in [1.29, 1.82) is 0 Å². The normalized spacial score (nSPS) is 10.2. The van der Waals surface area contributed by atoms with Gasteiger partial charge in [0.25, 0.3) is 0 Å². The van der Waals surface area contributed by atoms with Crippen LogP contribution in [0.5, 0.6) is 0 Å². The highest BCUT2D eigenvalue weighted by atomic mass is 35.5. The highest BCUT2D eigenvalue weighted by Crippen LogP contribution is 2.17. The van der Waals surface area contributed by atoms with Crippen molar-refractivity contribution in [2.75, 3.05) is 19.2 Å². The molecule has 2 N–H and O–H groups in total. The molecule has 1 aromatic carbocycles. The molecule has 0 saturated heterocycles. The molecule has 0 radical (unpaired) electrons. The van der Waals surface area contributed by atoms with Crippen LogP contribution in [0.3, 0.4) is 0 Å². The third-order valence-corrected chi connectivity index (χ3v) is 2.65. The maximum atomic E-state index is 11.9. The van der Waals surface area contributed by atoms with Gasteiger partial charge in [0.15, 0.2) is 0 Å². The van der Waals surface area contributed by atoms with Gasteiger partial charge in [-0.1, -0.05) is 41.4 Å². The average molecular weight is 363 g/mol. The zero-order chi connectivity index (χ0) is 17.9. The molecular formula is C16H24Cl2N2O3. The third kappa shape index (κ3) is 8.23. The first-order chi connectivity index (χ1) is 10.9. The fourth-order valence-electron chi connectivity index (χ4n) is 1.58. The average Bonchev–Trinajstić information content (AvgIpc) is 2.93. The number of carbonyl (C=O) groups is 1. The van der Waals surface area contributed by atoms with Crippen molar-refractivity contribution < 1.29 is 14.3 Å². The predicted molar refractivity (Wildman–Crippen MR) is 96.2 cm³/mol. The summed E-state index contributed by atoms with van der Waals surface area (Å²) >= 11 is 9.99. The Morgan fingerprint density at radius 1 is 1.13 bits per heavy atom. The lowest BCUT2D eigenvalue weighted by atomic mass is 10.2. The first kappa shape index (κ1) is 21.7. The van der Waals surface area contributed by atoms with E-state index in [0.717, 1.165) is 10.9 Å². The Balaban J connectivity index is 0.000000594. The molecule has 0 spiro atoms. The number of fused-ring (bicyclic) bond motifs is 1. The minimum absolute atomic E-state index is 0.184. The van der Waals surface area contributed by atoms with Crippen molar-refractivity contribution in [3.8, 4) is 0 Å². The largest absolute Gasteiger partial charge is 0.443 e. The number of ether oxygens (including phenoxy) is 2. The molecule has 5 nitrogen and oxygen atoms in total. The van der Waals surface area contributed by atoms with Gasteiger partial charge in [0.2, 0.25) is 0 Å². The van der Waals surface area contributed by atoms with Gasteiger partial charge >= 0.3 is 6.09 Å². The summed E-state index contributed by atoms with van der Waals surface area (Å²) in [4.78, 5) is 11.9. The number of nitrogens with two attached hydrogens (primary N) is 1. The minimum Gasteiger partial charge on any atom is -0.443 e. The topological polar surface area (TPSA) is 66.5 Å². The number of carbonyl (C=O) groups excluding carboxylic acids is 1. The number of halogens is 2. The summed E-state index contributed by atoms with van der Waals surface area (Å²) in [5.74, 6) is 0. The van der Waals surface area contributed by atoms with Gasteiger partial charge in [-0.2, -0.15) is 0 Å². The molecule has 0 unspecified atom stereocenters. The van der Waals surface area contributed by atoms with Gasteiger partial charge in [-0.25, -0.2) is 4.79 Å². The zero-order valence-corrected chi connectivity index (χ0v) is 15.4. The summed E-state index contributed by atoms with van der Waals surface area (Å²) in [6, 6.07) is 9.99. The molecule has 23 heavy (non-hydrogen) atoms. The van der Waals surface area contributed by atoms with E-state index in [-0.39, 0.29) is 18.2 Å². The number of alkyl halides is 2. The SMILES string of the molecule is CC(C)(C)OC(=O)n1ccc2ccccc21.CN.ClCOCCl. The fraction of sp³-hybridized carbons (Fsp3) is 0.438. The molecule has 0 aliphatic carbocycles. The van der Waals surface area contributed by atoms with Crippen molar-refractivity contribution in [3.05, 3.63) is 36.5 Å². The summed E-state index contributed by atoms with van der Waals surface area (Å²) in [5.41, 5.74) is 4.90. The fourth-order valence-corrected chi connectivity index (χ4v) is 1.82. The number of benzene rings is 1. The minimum atomic E-state index is -0.470. The molecule has 130 valence electrons. The Bertz CT molecular complexity index is 578. The van der Waals surface area contributed by atoms with E-state index in [0.29, 0.717) is 0 Å². The highest BCUT2D eigenvalue weighted by molar-refractivity contribution is 6.18. The first-order valence-electron chi connectivity index (χ1n) is 6.96. The van der Waals surface area contributed by atoms with Crippen molar-refractivity contribution in [2.24, 2.45) is 5.73 Å². The third-order valence-electron chi connectivity index (χ3n) is 2.34. The van der Waals surface area contributed by atoms with Gasteiger partial charge in [-0.3, -0.25) is 4.57 Å². The van der Waals surface area contributed by atoms with Crippen LogP contribution in [0.2, 0.25) is 0 Å². The van der Waals surface area contributed by atoms with E-state index in [1.54, 1.807) is 6.20 Å². The van der Waals surface area contributed by atoms with Gasteiger partial charge in [-0.15, -0.1) is 0 Å². The molecule has 1 aromatic heterocycles. The smallest absolute Gasteiger partial charge is 0.418 e. The Hall–Kier alpha value is -1.27. The lowest BCUT2D eigenvalue weighted by molar-refractivity contribution is 0.0544. The first-order valence-corrected chi connectivity index (χ1v) is 8.03. The second-order valence-electron chi connectivity index (χ2n) is 5.15. The molecule has 0 atom stereocenters. The molecule has 7 heteroatoms. The monoisotopic (exact) mass is 362 g/mol. The number of para-hydroxylation sites is 1. The Morgan fingerprint density at radius 2 is 1.70 bits per heavy atom. The number of nitrogens with zero attached hydrogens (tertiary/aromatic N) is 1. The predicted octanol–water partition coefficient (Wildman–Crippen LogP) is 4.40. The van der Waals surface area contributed by atoms with Crippen LogP contribution in [-0.4, -0.2) is 35.4 Å². The van der Waals surface area contributed by atoms with Crippen LogP contribution in [0.15, 0.2) is 36.5 Å². The van der Waals surface area contributed by atoms with Gasteiger partial charge in [-0.05, 0) is 40.0 Å². The Kier molecular flexibility index (Phi) is 10.7. The van der Waals surface area contributed by atoms with Crippen LogP contribution in [0.4, 0.5) is 4.79 Å². The van der Waals surface area contributed by atoms with Crippen LogP contribution in [0.1, 0.15) is 20.8 Å². The summed E-state index contributed by atoms with van der Waals surface area (Å²) in [7, 11) is 1.50. The summed E-state index contributed by atoms with van der Waals surface area (Å²) in [6.07, 6.45) is 1.40. The number of rotatable bonds is 2. The Labute approximate surface area is 147 Å². The van der Waals surface area contributed by atoms with Crippen molar-refractivity contribution in [2.45, 2.75) is 26.4 Å². The molecule has 0 aliphatic rings. The molecule has 2 aromatic rings. The van der Waals surface area contributed by atoms with Crippen molar-refractivity contribution in [3.63, 3.8) is 0 Å².